The van der Waals surface area contributed by atoms with Crippen molar-refractivity contribution in [1.82, 2.24) is 4.98 Å². The molecule has 0 saturated carbocycles. The molecular weight excluding hydrogens is 230 g/mol. The Morgan fingerprint density at radius 2 is 2.18 bits per heavy atom. The monoisotopic (exact) mass is 246 g/mol. The number of alkyl halides is 2. The van der Waals surface area contributed by atoms with Gasteiger partial charge in [0.15, 0.2) is 0 Å². The molecule has 0 aliphatic carbocycles. The lowest BCUT2D eigenvalue weighted by atomic mass is 10.1. The summed E-state index contributed by atoms with van der Waals surface area (Å²) in [5, 5.41) is 18.4. The van der Waals surface area contributed by atoms with Gasteiger partial charge in [-0.05, 0) is 13.0 Å². The van der Waals surface area contributed by atoms with Crippen molar-refractivity contribution in [3.8, 4) is 0 Å². The van der Waals surface area contributed by atoms with Crippen LogP contribution in [0.15, 0.2) is 18.3 Å². The molecule has 0 aromatic carbocycles. The average Bonchev–Trinajstić information content (AvgIpc) is 2.28. The quantitative estimate of drug-likeness (QED) is 0.792. The van der Waals surface area contributed by atoms with Crippen LogP contribution in [-0.2, 0) is 0 Å². The van der Waals surface area contributed by atoms with E-state index >= 15 is 0 Å². The number of aliphatic hydroxyl groups is 2. The van der Waals surface area contributed by atoms with E-state index in [4.69, 9.17) is 5.11 Å². The molecule has 1 atom stereocenters. The predicted octanol–water partition coefficient (Wildman–Crippen LogP) is 1.20. The fourth-order valence-corrected chi connectivity index (χ4v) is 1.57. The van der Waals surface area contributed by atoms with Crippen LogP contribution in [0.1, 0.15) is 18.6 Å². The lowest BCUT2D eigenvalue weighted by molar-refractivity contribution is 0.151. The summed E-state index contributed by atoms with van der Waals surface area (Å²) in [7, 11) is 0. The fourth-order valence-electron chi connectivity index (χ4n) is 1.57. The van der Waals surface area contributed by atoms with Gasteiger partial charge in [-0.25, -0.2) is 13.8 Å². The normalized spacial score (nSPS) is 12.8. The number of aliphatic hydroxyl groups excluding tert-OH is 2. The second-order valence-electron chi connectivity index (χ2n) is 3.65. The van der Waals surface area contributed by atoms with Crippen LogP contribution >= 0.6 is 0 Å². The molecule has 0 aliphatic rings. The summed E-state index contributed by atoms with van der Waals surface area (Å²) in [4.78, 5) is 5.26. The molecule has 1 unspecified atom stereocenters. The lowest BCUT2D eigenvalue weighted by Crippen LogP contribution is -2.33. The first-order chi connectivity index (χ1) is 8.06. The number of halogens is 2. The molecule has 1 aromatic heterocycles. The number of aromatic nitrogens is 1. The standard InChI is InChI=1S/C11H16F2N2O2/c1-8(17)9-3-2-4-14-11(9)15(5-6-16)7-10(12)13/h2-4,8,10,16-17H,5-7H2,1H3. The highest BCUT2D eigenvalue weighted by atomic mass is 19.3. The third-order valence-electron chi connectivity index (χ3n) is 2.29. The van der Waals surface area contributed by atoms with E-state index < -0.39 is 19.1 Å². The molecule has 0 fully saturated rings. The van der Waals surface area contributed by atoms with E-state index in [0.29, 0.717) is 5.56 Å². The molecule has 0 aliphatic heterocycles. The van der Waals surface area contributed by atoms with E-state index in [1.54, 1.807) is 19.1 Å². The van der Waals surface area contributed by atoms with Gasteiger partial charge in [0.25, 0.3) is 6.43 Å². The van der Waals surface area contributed by atoms with E-state index in [9.17, 15) is 13.9 Å². The molecule has 0 radical (unpaired) electrons. The van der Waals surface area contributed by atoms with Crippen LogP contribution in [0, 0.1) is 0 Å². The molecule has 0 spiro atoms. The first-order valence-electron chi connectivity index (χ1n) is 5.33. The summed E-state index contributed by atoms with van der Waals surface area (Å²) in [6.45, 7) is 0.834. The van der Waals surface area contributed by atoms with Crippen molar-refractivity contribution in [2.24, 2.45) is 0 Å². The Kier molecular flexibility index (Phi) is 5.24. The molecule has 2 N–H and O–H groups in total. The molecule has 0 amide bonds. The van der Waals surface area contributed by atoms with Crippen molar-refractivity contribution >= 4 is 5.82 Å². The maximum Gasteiger partial charge on any atom is 0.255 e. The Morgan fingerprint density at radius 1 is 1.47 bits per heavy atom. The number of anilines is 1. The highest BCUT2D eigenvalue weighted by Crippen LogP contribution is 2.23. The summed E-state index contributed by atoms with van der Waals surface area (Å²) >= 11 is 0. The highest BCUT2D eigenvalue weighted by Gasteiger charge is 2.18. The van der Waals surface area contributed by atoms with Crippen LogP contribution in [0.3, 0.4) is 0 Å². The van der Waals surface area contributed by atoms with E-state index in [1.165, 1.54) is 11.1 Å². The van der Waals surface area contributed by atoms with Gasteiger partial charge in [0.2, 0.25) is 0 Å². The van der Waals surface area contributed by atoms with E-state index in [-0.39, 0.29) is 19.0 Å². The first-order valence-corrected chi connectivity index (χ1v) is 5.33. The highest BCUT2D eigenvalue weighted by molar-refractivity contribution is 5.47. The smallest absolute Gasteiger partial charge is 0.255 e. The molecule has 1 aromatic rings. The summed E-state index contributed by atoms with van der Waals surface area (Å²) in [5.74, 6) is 0.289. The molecule has 0 bridgehead atoms. The minimum Gasteiger partial charge on any atom is -0.395 e. The van der Waals surface area contributed by atoms with Crippen LogP contribution in [0.25, 0.3) is 0 Å². The van der Waals surface area contributed by atoms with Crippen molar-refractivity contribution in [2.75, 3.05) is 24.6 Å². The zero-order valence-corrected chi connectivity index (χ0v) is 9.55. The van der Waals surface area contributed by atoms with Crippen LogP contribution in [0.2, 0.25) is 0 Å². The van der Waals surface area contributed by atoms with Gasteiger partial charge in [-0.3, -0.25) is 0 Å². The topological polar surface area (TPSA) is 56.6 Å². The second kappa shape index (κ2) is 6.46. The van der Waals surface area contributed by atoms with E-state index in [2.05, 4.69) is 4.98 Å². The molecule has 17 heavy (non-hydrogen) atoms. The van der Waals surface area contributed by atoms with Gasteiger partial charge in [0.1, 0.15) is 5.82 Å². The van der Waals surface area contributed by atoms with Gasteiger partial charge in [-0.15, -0.1) is 0 Å². The third kappa shape index (κ3) is 3.90. The third-order valence-corrected chi connectivity index (χ3v) is 2.29. The second-order valence-corrected chi connectivity index (χ2v) is 3.65. The van der Waals surface area contributed by atoms with Crippen LogP contribution < -0.4 is 4.90 Å². The van der Waals surface area contributed by atoms with Gasteiger partial charge in [0.05, 0.1) is 19.3 Å². The van der Waals surface area contributed by atoms with Gasteiger partial charge >= 0.3 is 0 Å². The van der Waals surface area contributed by atoms with Crippen molar-refractivity contribution in [3.05, 3.63) is 23.9 Å². The molecule has 1 rings (SSSR count). The predicted molar refractivity (Wildman–Crippen MR) is 60.2 cm³/mol. The fraction of sp³-hybridized carbons (Fsp3) is 0.545. The maximum atomic E-state index is 12.4. The Balaban J connectivity index is 2.99. The number of rotatable bonds is 6. The summed E-state index contributed by atoms with van der Waals surface area (Å²) in [5.41, 5.74) is 0.474. The zero-order valence-electron chi connectivity index (χ0n) is 9.55. The molecule has 96 valence electrons. The number of nitrogens with zero attached hydrogens (tertiary/aromatic N) is 2. The number of hydrogen-bond acceptors (Lipinski definition) is 4. The van der Waals surface area contributed by atoms with Crippen molar-refractivity contribution in [2.45, 2.75) is 19.5 Å². The lowest BCUT2D eigenvalue weighted by Gasteiger charge is -2.25. The maximum absolute atomic E-state index is 12.4. The van der Waals surface area contributed by atoms with Crippen LogP contribution in [-0.4, -0.2) is 41.3 Å². The van der Waals surface area contributed by atoms with Crippen molar-refractivity contribution < 1.29 is 19.0 Å². The first kappa shape index (κ1) is 13.8. The summed E-state index contributed by atoms with van der Waals surface area (Å²) in [6.07, 6.45) is -1.85. The van der Waals surface area contributed by atoms with Crippen LogP contribution in [0.5, 0.6) is 0 Å². The Bertz CT molecular complexity index is 348. The van der Waals surface area contributed by atoms with Gasteiger partial charge in [-0.2, -0.15) is 0 Å². The SMILES string of the molecule is CC(O)c1cccnc1N(CCO)CC(F)F. The minimum absolute atomic E-state index is 0.0566. The Labute approximate surface area is 98.5 Å². The number of pyridine rings is 1. The van der Waals surface area contributed by atoms with Gasteiger partial charge in [-0.1, -0.05) is 6.07 Å². The average molecular weight is 246 g/mol. The zero-order chi connectivity index (χ0) is 12.8. The van der Waals surface area contributed by atoms with Crippen LogP contribution in [0.4, 0.5) is 14.6 Å². The van der Waals surface area contributed by atoms with E-state index in [1.807, 2.05) is 0 Å². The molecule has 0 saturated heterocycles. The van der Waals surface area contributed by atoms with Gasteiger partial charge in [0, 0.05) is 18.3 Å². The Morgan fingerprint density at radius 3 is 2.71 bits per heavy atom. The molecule has 4 nitrogen and oxygen atoms in total. The molecule has 6 heteroatoms. The van der Waals surface area contributed by atoms with Gasteiger partial charge < -0.3 is 15.1 Å². The van der Waals surface area contributed by atoms with Crippen molar-refractivity contribution in [3.63, 3.8) is 0 Å². The number of hydrogen-bond donors (Lipinski definition) is 2. The summed E-state index contributed by atoms with van der Waals surface area (Å²) in [6, 6.07) is 3.26. The molecular formula is C11H16F2N2O2. The molecule has 1 heterocycles. The van der Waals surface area contributed by atoms with E-state index in [0.717, 1.165) is 0 Å². The van der Waals surface area contributed by atoms with Crippen molar-refractivity contribution in [1.29, 1.82) is 0 Å². The summed E-state index contributed by atoms with van der Waals surface area (Å²) < 4.78 is 24.8. The minimum atomic E-state index is -2.52. The Hall–Kier alpha value is -1.27. The largest absolute Gasteiger partial charge is 0.395 e.